The van der Waals surface area contributed by atoms with E-state index in [0.717, 1.165) is 12.1 Å². The molecule has 2 aliphatic rings. The first-order valence-electron chi connectivity index (χ1n) is 18.7. The summed E-state index contributed by atoms with van der Waals surface area (Å²) in [5, 5.41) is 33.0. The van der Waals surface area contributed by atoms with Crippen LogP contribution in [-0.4, -0.2) is 154 Å². The number of aromatic hydroxyl groups is 1. The Morgan fingerprint density at radius 1 is 0.758 bits per heavy atom. The van der Waals surface area contributed by atoms with Crippen LogP contribution < -0.4 is 26.9 Å². The van der Waals surface area contributed by atoms with Crippen molar-refractivity contribution in [2.75, 3.05) is 47.6 Å². The van der Waals surface area contributed by atoms with E-state index in [-0.39, 0.29) is 122 Å². The van der Waals surface area contributed by atoms with Gasteiger partial charge in [-0.3, -0.25) is 23.7 Å². The number of nitrogens with one attached hydrogen (secondary N) is 3. The van der Waals surface area contributed by atoms with Crippen molar-refractivity contribution < 1.29 is 55.3 Å². The van der Waals surface area contributed by atoms with Crippen LogP contribution in [0.2, 0.25) is 0 Å². The number of benzene rings is 5. The summed E-state index contributed by atoms with van der Waals surface area (Å²) in [7, 11) is -10.1. The molecule has 5 aromatic carbocycles. The fourth-order valence-electron chi connectivity index (χ4n) is 6.79. The quantitative estimate of drug-likeness (QED) is 0.0388. The molecule has 2 radical (unpaired) electrons. The molecule has 0 saturated carbocycles. The van der Waals surface area contributed by atoms with Gasteiger partial charge in [0, 0.05) is 94.7 Å². The normalized spacial score (nSPS) is 13.9. The van der Waals surface area contributed by atoms with Gasteiger partial charge in [-0.15, -0.1) is 0 Å². The second kappa shape index (κ2) is 19.9. The molecule has 66 heavy (non-hydrogen) atoms. The molecule has 1 aliphatic carbocycles. The summed E-state index contributed by atoms with van der Waals surface area (Å²) < 4.78 is 76.5. The number of hydrogen-bond donors (Lipinski definition) is 8. The van der Waals surface area contributed by atoms with Crippen LogP contribution in [0, 0.1) is 0 Å². The molecule has 1 saturated heterocycles. The van der Waals surface area contributed by atoms with Crippen LogP contribution in [0.5, 0.6) is 5.75 Å². The number of aromatic nitrogens is 3. The van der Waals surface area contributed by atoms with E-state index >= 15 is 0 Å². The Hall–Kier alpha value is -5.90. The van der Waals surface area contributed by atoms with E-state index in [0.29, 0.717) is 37.7 Å². The average molecular weight is 955 g/mol. The van der Waals surface area contributed by atoms with Crippen LogP contribution in [0.15, 0.2) is 116 Å². The molecule has 0 amide bonds. The minimum atomic E-state index is -5.07. The van der Waals surface area contributed by atoms with Crippen molar-refractivity contribution in [1.82, 2.24) is 15.0 Å². The largest absolute Gasteiger partial charge is 0.507 e. The van der Waals surface area contributed by atoms with Crippen molar-refractivity contribution in [1.29, 1.82) is 0 Å². The van der Waals surface area contributed by atoms with Crippen LogP contribution in [0.4, 0.5) is 51.7 Å². The molecule has 0 bridgehead atoms. The van der Waals surface area contributed by atoms with Crippen LogP contribution in [0.3, 0.4) is 0 Å². The van der Waals surface area contributed by atoms with E-state index < -0.39 is 64.6 Å². The summed E-state index contributed by atoms with van der Waals surface area (Å²) in [6.07, 6.45) is 0. The molecule has 328 valence electrons. The summed E-state index contributed by atoms with van der Waals surface area (Å²) in [5.74, 6) is -2.97. The first-order valence-corrected chi connectivity index (χ1v) is 21.5. The number of carboxylic acids is 1. The zero-order chi connectivity index (χ0) is 45.5. The van der Waals surface area contributed by atoms with Gasteiger partial charge in [-0.25, -0.2) is 9.79 Å². The standard InChI is InChI=1S/C40H32N10O12S2.2Na/c41-34-31(64(59,60)61)19-28(32-33(34)36(53)25-4-2-1-3-24(25)35(32)52)42-22-9-11-27(30(18-22)63(56,57)58)44-39-45-38(46-40(47-39)50-13-15-62-16-14-50)43-20-5-7-21(8-6-20)48-49-23-10-12-29(51)26(17-23)37(54)55;;/h1-12,17-19,42,51H,13-16,41H2,(H,54,55)(H,56,57,58)(H,59,60,61)(H2,43,44,45,46,47);;. The molecule has 26 heteroatoms. The van der Waals surface area contributed by atoms with Gasteiger partial charge >= 0.3 is 5.97 Å². The number of nitrogens with two attached hydrogens (primary N) is 1. The number of carbonyl (C=O) groups excluding carboxylic acids is 2. The Labute approximate surface area is 418 Å². The number of ether oxygens (including phenoxy) is 1. The zero-order valence-electron chi connectivity index (χ0n) is 34.6. The predicted octanol–water partition coefficient (Wildman–Crippen LogP) is 4.27. The molecule has 6 aromatic rings. The molecule has 22 nitrogen and oxygen atoms in total. The number of aromatic carboxylic acids is 1. The number of rotatable bonds is 11. The third-order valence-corrected chi connectivity index (χ3v) is 11.6. The number of azo groups is 1. The zero-order valence-corrected chi connectivity index (χ0v) is 40.3. The van der Waals surface area contributed by atoms with E-state index in [1.165, 1.54) is 54.6 Å². The summed E-state index contributed by atoms with van der Waals surface area (Å²) in [6.45, 7) is 1.60. The minimum absolute atomic E-state index is 0. The number of nitrogen functional groups attached to an aromatic ring is 1. The van der Waals surface area contributed by atoms with Gasteiger partial charge in [0.05, 0.1) is 52.8 Å². The van der Waals surface area contributed by atoms with E-state index in [4.69, 9.17) is 10.5 Å². The number of morpholine rings is 1. The fraction of sp³-hybridized carbons (Fsp3) is 0.100. The van der Waals surface area contributed by atoms with Crippen molar-refractivity contribution in [2.24, 2.45) is 15.2 Å². The Morgan fingerprint density at radius 3 is 2.00 bits per heavy atom. The van der Waals surface area contributed by atoms with E-state index in [1.807, 2.05) is 4.90 Å². The summed E-state index contributed by atoms with van der Waals surface area (Å²) in [4.78, 5) is 55.3. The van der Waals surface area contributed by atoms with Crippen LogP contribution in [0.1, 0.15) is 42.2 Å². The number of nitrogens with zero attached hydrogens (tertiary/aromatic N) is 6. The Bertz CT molecular complexity index is 3280. The van der Waals surface area contributed by atoms with Crippen LogP contribution >= 0.6 is 0 Å². The van der Waals surface area contributed by atoms with Gasteiger partial charge in [0.2, 0.25) is 17.5 Å². The molecule has 9 N–H and O–H groups in total. The van der Waals surface area contributed by atoms with E-state index in [9.17, 15) is 50.5 Å². The Kier molecular flexibility index (Phi) is 14.9. The first-order chi connectivity index (χ1) is 30.4. The Morgan fingerprint density at radius 2 is 1.36 bits per heavy atom. The van der Waals surface area contributed by atoms with Gasteiger partial charge in [0.25, 0.3) is 20.2 Å². The van der Waals surface area contributed by atoms with Crippen LogP contribution in [-0.2, 0) is 25.0 Å². The Balaban J connectivity index is 0.00000360. The number of aromatic amines is 1. The molecular weight excluding hydrogens is 923 g/mol. The number of carboxylic acid groups (broad SMARTS) is 1. The molecule has 1 aliphatic heterocycles. The van der Waals surface area contributed by atoms with Gasteiger partial charge in [0.1, 0.15) is 21.1 Å². The summed E-state index contributed by atoms with van der Waals surface area (Å²) in [6, 6.07) is 20.2. The van der Waals surface area contributed by atoms with Gasteiger partial charge in [-0.1, -0.05) is 24.3 Å². The van der Waals surface area contributed by atoms with E-state index in [2.05, 4.69) is 40.8 Å². The topological polar surface area (TPSA) is 342 Å². The maximum absolute atomic E-state index is 13.8. The van der Waals surface area contributed by atoms with Crippen molar-refractivity contribution in [3.63, 3.8) is 0 Å². The number of phenols is 1. The summed E-state index contributed by atoms with van der Waals surface area (Å²) >= 11 is 0. The third-order valence-electron chi connectivity index (χ3n) is 9.79. The second-order valence-corrected chi connectivity index (χ2v) is 16.7. The van der Waals surface area contributed by atoms with Crippen molar-refractivity contribution in [3.8, 4) is 5.75 Å². The minimum Gasteiger partial charge on any atom is -0.507 e. The number of carbonyl (C=O) groups is 3. The van der Waals surface area contributed by atoms with E-state index in [1.54, 1.807) is 24.3 Å². The number of H-pyrrole nitrogens is 1. The average Bonchev–Trinajstić information content (AvgIpc) is 3.26. The molecule has 2 heterocycles. The molecule has 0 spiro atoms. The van der Waals surface area contributed by atoms with Crippen molar-refractivity contribution in [2.45, 2.75) is 9.79 Å². The number of fused-ring (bicyclic) bond motifs is 2. The SMILES string of the molecule is Nc1c(S(=O)(=O)O)cc(Nc2ccc(N=c3nc(Nc4ccc(N=Nc5ccc(O)c(C(=O)O)c5)cc4)nc(N4CCOCC4)[nH]3)c(S(=O)(=O)O)c2)c2c1C(=O)c1ccccc1C2=O.[Na].[Na]. The van der Waals surface area contributed by atoms with Crippen molar-refractivity contribution >= 4 is 149 Å². The maximum Gasteiger partial charge on any atom is 0.339 e. The summed E-state index contributed by atoms with van der Waals surface area (Å²) in [5.41, 5.74) is 4.29. The fourth-order valence-corrected chi connectivity index (χ4v) is 8.10. The van der Waals surface area contributed by atoms with Gasteiger partial charge in [-0.05, 0) is 66.7 Å². The van der Waals surface area contributed by atoms with Gasteiger partial charge < -0.3 is 36.2 Å². The monoisotopic (exact) mass is 954 g/mol. The smallest absolute Gasteiger partial charge is 0.339 e. The number of ketones is 2. The maximum atomic E-state index is 13.8. The second-order valence-electron chi connectivity index (χ2n) is 14.0. The molecule has 1 fully saturated rings. The number of anilines is 6. The van der Waals surface area contributed by atoms with Gasteiger partial charge in [-0.2, -0.15) is 37.0 Å². The molecular formula is C40H32N10Na2O12S2. The molecule has 0 atom stereocenters. The molecule has 1 aromatic heterocycles. The molecule has 0 unspecified atom stereocenters. The third kappa shape index (κ3) is 10.5. The van der Waals surface area contributed by atoms with Crippen LogP contribution in [0.25, 0.3) is 0 Å². The van der Waals surface area contributed by atoms with Gasteiger partial charge in [0.15, 0.2) is 11.6 Å². The number of hydrogen-bond acceptors (Lipinski definition) is 18. The first kappa shape index (κ1) is 49.5. The van der Waals surface area contributed by atoms with Crippen molar-refractivity contribution in [3.05, 3.63) is 124 Å². The predicted molar refractivity (Wildman–Crippen MR) is 239 cm³/mol. The molecule has 8 rings (SSSR count).